The van der Waals surface area contributed by atoms with E-state index in [9.17, 15) is 0 Å². The van der Waals surface area contributed by atoms with E-state index in [1.165, 1.54) is 0 Å². The fourth-order valence-corrected chi connectivity index (χ4v) is 2.78. The highest BCUT2D eigenvalue weighted by atomic mass is 16.7. The maximum Gasteiger partial charge on any atom is 0.231 e. The highest BCUT2D eigenvalue weighted by Crippen LogP contribution is 2.41. The first kappa shape index (κ1) is 14.5. The Kier molecular flexibility index (Phi) is 3.71. The van der Waals surface area contributed by atoms with Crippen molar-refractivity contribution in [1.82, 2.24) is 0 Å². The zero-order chi connectivity index (χ0) is 16.4. The van der Waals surface area contributed by atoms with E-state index < -0.39 is 0 Å². The summed E-state index contributed by atoms with van der Waals surface area (Å²) in [5, 5.41) is 0. The maximum atomic E-state index is 5.53. The lowest BCUT2D eigenvalue weighted by molar-refractivity contribution is 0.174. The van der Waals surface area contributed by atoms with Crippen LogP contribution < -0.4 is 19.1 Å². The van der Waals surface area contributed by atoms with Gasteiger partial charge in [-0.2, -0.15) is 0 Å². The summed E-state index contributed by atoms with van der Waals surface area (Å²) in [5.74, 6) is 2.38. The summed E-state index contributed by atoms with van der Waals surface area (Å²) in [4.78, 5) is 2.17. The lowest BCUT2D eigenvalue weighted by Crippen LogP contribution is -2.09. The van der Waals surface area contributed by atoms with Crippen molar-refractivity contribution in [1.29, 1.82) is 0 Å². The minimum atomic E-state index is 0.270. The summed E-state index contributed by atoms with van der Waals surface area (Å²) >= 11 is 0. The minimum absolute atomic E-state index is 0.270. The van der Waals surface area contributed by atoms with Crippen molar-refractivity contribution in [3.63, 3.8) is 0 Å². The van der Waals surface area contributed by atoms with E-state index in [0.29, 0.717) is 0 Å². The Bertz CT molecular complexity index is 831. The van der Waals surface area contributed by atoms with Gasteiger partial charge < -0.3 is 19.1 Å². The molecule has 0 saturated heterocycles. The molecule has 1 aliphatic rings. The second-order valence-electron chi connectivity index (χ2n) is 5.41. The first-order valence-electron chi connectivity index (χ1n) is 7.74. The molecule has 3 aromatic carbocycles. The van der Waals surface area contributed by atoms with Crippen LogP contribution in [0, 0.1) is 0 Å². The molecule has 0 spiro atoms. The van der Waals surface area contributed by atoms with Crippen molar-refractivity contribution in [3.05, 3.63) is 72.8 Å². The third-order valence-electron chi connectivity index (χ3n) is 3.96. The second-order valence-corrected chi connectivity index (χ2v) is 5.41. The first-order valence-corrected chi connectivity index (χ1v) is 7.74. The molecule has 4 heteroatoms. The number of benzene rings is 3. The van der Waals surface area contributed by atoms with E-state index in [1.807, 2.05) is 60.7 Å². The molecule has 0 amide bonds. The highest BCUT2D eigenvalue weighted by Gasteiger charge is 2.18. The number of fused-ring (bicyclic) bond motifs is 1. The molecule has 0 N–H and O–H groups in total. The van der Waals surface area contributed by atoms with E-state index in [4.69, 9.17) is 14.2 Å². The average molecular weight is 319 g/mol. The van der Waals surface area contributed by atoms with Gasteiger partial charge in [0, 0.05) is 17.4 Å². The van der Waals surface area contributed by atoms with Gasteiger partial charge in [-0.3, -0.25) is 0 Å². The van der Waals surface area contributed by atoms with E-state index in [-0.39, 0.29) is 6.79 Å². The largest absolute Gasteiger partial charge is 0.497 e. The third-order valence-corrected chi connectivity index (χ3v) is 3.96. The van der Waals surface area contributed by atoms with Crippen molar-refractivity contribution in [2.24, 2.45) is 0 Å². The third kappa shape index (κ3) is 2.63. The number of methoxy groups -OCH3 is 1. The van der Waals surface area contributed by atoms with Gasteiger partial charge >= 0.3 is 0 Å². The molecule has 0 aromatic heterocycles. The second kappa shape index (κ2) is 6.16. The van der Waals surface area contributed by atoms with E-state index in [2.05, 4.69) is 17.0 Å². The summed E-state index contributed by atoms with van der Waals surface area (Å²) in [6.07, 6.45) is 0. The smallest absolute Gasteiger partial charge is 0.231 e. The molecule has 0 unspecified atom stereocenters. The number of nitrogens with zero attached hydrogens (tertiary/aromatic N) is 1. The Balaban J connectivity index is 1.81. The molecule has 24 heavy (non-hydrogen) atoms. The lowest BCUT2D eigenvalue weighted by atomic mass is 10.2. The predicted molar refractivity (Wildman–Crippen MR) is 93.8 cm³/mol. The maximum absolute atomic E-state index is 5.53. The molecule has 0 atom stereocenters. The first-order chi connectivity index (χ1) is 11.8. The molecule has 1 aliphatic heterocycles. The van der Waals surface area contributed by atoms with Gasteiger partial charge in [0.2, 0.25) is 6.79 Å². The molecule has 0 fully saturated rings. The van der Waals surface area contributed by atoms with Gasteiger partial charge in [0.05, 0.1) is 12.8 Å². The topological polar surface area (TPSA) is 30.9 Å². The van der Waals surface area contributed by atoms with Gasteiger partial charge in [0.15, 0.2) is 11.5 Å². The highest BCUT2D eigenvalue weighted by molar-refractivity contribution is 5.78. The van der Waals surface area contributed by atoms with E-state index in [1.54, 1.807) is 7.11 Å². The number of para-hydroxylation sites is 1. The molecule has 3 aromatic rings. The summed E-state index contributed by atoms with van der Waals surface area (Å²) in [7, 11) is 1.67. The van der Waals surface area contributed by atoms with Crippen LogP contribution in [0.5, 0.6) is 17.2 Å². The molecule has 4 nitrogen and oxygen atoms in total. The Morgan fingerprint density at radius 3 is 2.17 bits per heavy atom. The molecular formula is C20H17NO3. The normalized spacial score (nSPS) is 12.0. The molecule has 4 rings (SSSR count). The average Bonchev–Trinajstić information content (AvgIpc) is 3.11. The number of anilines is 3. The van der Waals surface area contributed by atoms with Crippen LogP contribution >= 0.6 is 0 Å². The summed E-state index contributed by atoms with van der Waals surface area (Å²) in [6, 6.07) is 24.2. The van der Waals surface area contributed by atoms with Crippen LogP contribution in [0.4, 0.5) is 17.1 Å². The van der Waals surface area contributed by atoms with E-state index in [0.717, 1.165) is 34.3 Å². The van der Waals surface area contributed by atoms with Crippen LogP contribution in [0.2, 0.25) is 0 Å². The molecule has 1 heterocycles. The Morgan fingerprint density at radius 2 is 1.42 bits per heavy atom. The Morgan fingerprint density at radius 1 is 0.750 bits per heavy atom. The molecule has 120 valence electrons. The van der Waals surface area contributed by atoms with Crippen LogP contribution in [-0.4, -0.2) is 13.9 Å². The van der Waals surface area contributed by atoms with Crippen molar-refractivity contribution in [2.75, 3.05) is 18.8 Å². The number of ether oxygens (including phenoxy) is 3. The Labute approximate surface area is 140 Å². The molecule has 0 saturated carbocycles. The van der Waals surface area contributed by atoms with Gasteiger partial charge in [-0.05, 0) is 48.5 Å². The fourth-order valence-electron chi connectivity index (χ4n) is 2.78. The quantitative estimate of drug-likeness (QED) is 0.685. The van der Waals surface area contributed by atoms with Gasteiger partial charge in [-0.25, -0.2) is 0 Å². The van der Waals surface area contributed by atoms with Crippen LogP contribution in [-0.2, 0) is 0 Å². The van der Waals surface area contributed by atoms with Crippen LogP contribution in [0.25, 0.3) is 0 Å². The minimum Gasteiger partial charge on any atom is -0.497 e. The SMILES string of the molecule is COc1ccc(N(c2ccccc2)c2ccc3c(c2)OCO3)cc1. The monoisotopic (exact) mass is 319 g/mol. The zero-order valence-corrected chi connectivity index (χ0v) is 13.3. The summed E-state index contributed by atoms with van der Waals surface area (Å²) < 4.78 is 16.2. The molecule has 0 aliphatic carbocycles. The van der Waals surface area contributed by atoms with E-state index >= 15 is 0 Å². The molecule has 0 radical (unpaired) electrons. The summed E-state index contributed by atoms with van der Waals surface area (Å²) in [5.41, 5.74) is 3.12. The van der Waals surface area contributed by atoms with Crippen LogP contribution in [0.3, 0.4) is 0 Å². The van der Waals surface area contributed by atoms with Crippen LogP contribution in [0.1, 0.15) is 0 Å². The van der Waals surface area contributed by atoms with Crippen molar-refractivity contribution in [2.45, 2.75) is 0 Å². The van der Waals surface area contributed by atoms with Gasteiger partial charge in [-0.15, -0.1) is 0 Å². The standard InChI is InChI=1S/C20H17NO3/c1-22-18-10-7-16(8-11-18)21(15-5-3-2-4-6-15)17-9-12-19-20(13-17)24-14-23-19/h2-13H,14H2,1H3. The number of rotatable bonds is 4. The van der Waals surface area contributed by atoms with Gasteiger partial charge in [-0.1, -0.05) is 18.2 Å². The van der Waals surface area contributed by atoms with Crippen molar-refractivity contribution >= 4 is 17.1 Å². The van der Waals surface area contributed by atoms with Gasteiger partial charge in [0.25, 0.3) is 0 Å². The number of hydrogen-bond acceptors (Lipinski definition) is 4. The van der Waals surface area contributed by atoms with Gasteiger partial charge in [0.1, 0.15) is 5.75 Å². The molecule has 0 bridgehead atoms. The van der Waals surface area contributed by atoms with Crippen LogP contribution in [0.15, 0.2) is 72.8 Å². The molecular weight excluding hydrogens is 302 g/mol. The summed E-state index contributed by atoms with van der Waals surface area (Å²) in [6.45, 7) is 0.270. The fraction of sp³-hybridized carbons (Fsp3) is 0.100. The lowest BCUT2D eigenvalue weighted by Gasteiger charge is -2.25. The number of hydrogen-bond donors (Lipinski definition) is 0. The zero-order valence-electron chi connectivity index (χ0n) is 13.3. The predicted octanol–water partition coefficient (Wildman–Crippen LogP) is 4.89. The Hall–Kier alpha value is -3.14. The van der Waals surface area contributed by atoms with Crippen molar-refractivity contribution < 1.29 is 14.2 Å². The van der Waals surface area contributed by atoms with Crippen molar-refractivity contribution in [3.8, 4) is 17.2 Å².